The Kier molecular flexibility index (Phi) is 5.45. The Labute approximate surface area is 237 Å². The molecule has 2 aromatic heterocycles. The van der Waals surface area contributed by atoms with E-state index in [0.29, 0.717) is 0 Å². The minimum Gasteiger partial charge on any atom is -0.324 e. The average Bonchev–Trinajstić information content (AvgIpc) is 3.40. The average molecular weight is 528 g/mol. The van der Waals surface area contributed by atoms with Crippen LogP contribution in [0.25, 0.3) is 43.8 Å². The van der Waals surface area contributed by atoms with E-state index in [0.717, 1.165) is 61.1 Å². The van der Waals surface area contributed by atoms with E-state index in [1.165, 1.54) is 5.56 Å². The highest BCUT2D eigenvalue weighted by molar-refractivity contribution is 6.20. The predicted octanol–water partition coefficient (Wildman–Crippen LogP) is 7.96. The third-order valence-corrected chi connectivity index (χ3v) is 7.70. The number of fused-ring (bicyclic) bond motifs is 5. The maximum atomic E-state index is 5.19. The fraction of sp³-hybridized carbons (Fsp3) is 0.0278. The number of amidine groups is 2. The van der Waals surface area contributed by atoms with Crippen LogP contribution in [0, 0.1) is 0 Å². The summed E-state index contributed by atoms with van der Waals surface area (Å²) in [5.41, 5.74) is 7.47. The van der Waals surface area contributed by atoms with E-state index in [4.69, 9.17) is 15.0 Å². The number of benzene rings is 5. The van der Waals surface area contributed by atoms with Gasteiger partial charge in [0, 0.05) is 33.5 Å². The first-order chi connectivity index (χ1) is 20.3. The summed E-state index contributed by atoms with van der Waals surface area (Å²) < 4.78 is 2.25. The highest BCUT2D eigenvalue weighted by atomic mass is 15.3. The van der Waals surface area contributed by atoms with Crippen LogP contribution in [0.4, 0.5) is 0 Å². The maximum Gasteiger partial charge on any atom is 0.224 e. The van der Waals surface area contributed by atoms with Crippen molar-refractivity contribution in [1.82, 2.24) is 14.9 Å². The molecule has 41 heavy (non-hydrogen) atoms. The van der Waals surface area contributed by atoms with Gasteiger partial charge in [-0.1, -0.05) is 109 Å². The van der Waals surface area contributed by atoms with Crippen molar-refractivity contribution in [3.05, 3.63) is 151 Å². The van der Waals surface area contributed by atoms with E-state index in [9.17, 15) is 0 Å². The van der Waals surface area contributed by atoms with E-state index < -0.39 is 6.29 Å². The van der Waals surface area contributed by atoms with Gasteiger partial charge < -0.3 is 5.32 Å². The van der Waals surface area contributed by atoms with E-state index >= 15 is 0 Å². The zero-order chi connectivity index (χ0) is 27.2. The van der Waals surface area contributed by atoms with Crippen LogP contribution in [-0.2, 0) is 0 Å². The molecule has 5 heteroatoms. The van der Waals surface area contributed by atoms with Crippen molar-refractivity contribution in [2.75, 3.05) is 0 Å². The number of rotatable bonds is 4. The SMILES string of the molecule is c1ccc(C2=NC(n3c4ccc(-c5ccccc5)cc4c4c5ncccc5ccc43)N=C(c3ccccc3)N2)cc1. The first-order valence-corrected chi connectivity index (χ1v) is 13.7. The Bertz CT molecular complexity index is 2050. The molecule has 194 valence electrons. The second-order valence-electron chi connectivity index (χ2n) is 10.2. The molecule has 0 unspecified atom stereocenters. The molecule has 0 saturated carbocycles. The van der Waals surface area contributed by atoms with Crippen molar-refractivity contribution >= 4 is 44.4 Å². The third kappa shape index (κ3) is 3.98. The molecule has 5 aromatic carbocycles. The highest BCUT2D eigenvalue weighted by Gasteiger charge is 2.25. The molecule has 1 aliphatic heterocycles. The summed E-state index contributed by atoms with van der Waals surface area (Å²) in [6, 6.07) is 46.1. The molecule has 0 radical (unpaired) electrons. The van der Waals surface area contributed by atoms with Crippen molar-refractivity contribution in [3.63, 3.8) is 0 Å². The van der Waals surface area contributed by atoms with Crippen molar-refractivity contribution in [2.24, 2.45) is 9.98 Å². The minimum absolute atomic E-state index is 0.509. The molecular weight excluding hydrogens is 502 g/mol. The van der Waals surface area contributed by atoms with E-state index in [-0.39, 0.29) is 0 Å². The number of aliphatic imine (C=N–C) groups is 2. The Balaban J connectivity index is 1.42. The van der Waals surface area contributed by atoms with Gasteiger partial charge in [-0.2, -0.15) is 0 Å². The van der Waals surface area contributed by atoms with Gasteiger partial charge in [-0.25, -0.2) is 9.98 Å². The second-order valence-corrected chi connectivity index (χ2v) is 10.2. The number of nitrogens with zero attached hydrogens (tertiary/aromatic N) is 4. The third-order valence-electron chi connectivity index (χ3n) is 7.70. The van der Waals surface area contributed by atoms with Crippen molar-refractivity contribution in [2.45, 2.75) is 6.29 Å². The van der Waals surface area contributed by atoms with Crippen LogP contribution in [0.2, 0.25) is 0 Å². The van der Waals surface area contributed by atoms with Crippen LogP contribution in [0.1, 0.15) is 17.4 Å². The zero-order valence-electron chi connectivity index (χ0n) is 22.1. The highest BCUT2D eigenvalue weighted by Crippen LogP contribution is 2.39. The number of hydrogen-bond donors (Lipinski definition) is 1. The van der Waals surface area contributed by atoms with Gasteiger partial charge >= 0.3 is 0 Å². The van der Waals surface area contributed by atoms with Gasteiger partial charge in [0.25, 0.3) is 0 Å². The molecule has 0 amide bonds. The van der Waals surface area contributed by atoms with Crippen LogP contribution >= 0.6 is 0 Å². The summed E-state index contributed by atoms with van der Waals surface area (Å²) in [7, 11) is 0. The van der Waals surface area contributed by atoms with Crippen LogP contribution in [-0.4, -0.2) is 21.2 Å². The fourth-order valence-electron chi connectivity index (χ4n) is 5.77. The maximum absolute atomic E-state index is 5.19. The van der Waals surface area contributed by atoms with Crippen LogP contribution in [0.3, 0.4) is 0 Å². The van der Waals surface area contributed by atoms with E-state index in [1.807, 2.05) is 54.7 Å². The lowest BCUT2D eigenvalue weighted by molar-refractivity contribution is 0.575. The van der Waals surface area contributed by atoms with Crippen LogP contribution in [0.5, 0.6) is 0 Å². The predicted molar refractivity (Wildman–Crippen MR) is 168 cm³/mol. The monoisotopic (exact) mass is 527 g/mol. The number of hydrogen-bond acceptors (Lipinski definition) is 4. The van der Waals surface area contributed by atoms with Crippen molar-refractivity contribution in [3.8, 4) is 11.1 Å². The standard InChI is InChI=1S/C36H25N5/c1-4-11-24(12-5-1)28-19-20-30-29(23-28)32-31(21-18-25-17-10-22-37-33(25)32)41(30)36-39-34(26-13-6-2-7-14-26)38-35(40-36)27-15-8-3-9-16-27/h1-23,36H,(H,38,39,40). The summed E-state index contributed by atoms with van der Waals surface area (Å²) in [5.74, 6) is 1.58. The summed E-state index contributed by atoms with van der Waals surface area (Å²) >= 11 is 0. The molecule has 1 aliphatic rings. The molecule has 7 aromatic rings. The van der Waals surface area contributed by atoms with E-state index in [2.05, 4.69) is 94.8 Å². The Morgan fingerprint density at radius 1 is 0.537 bits per heavy atom. The van der Waals surface area contributed by atoms with Gasteiger partial charge in [0.15, 0.2) is 0 Å². The molecular formula is C36H25N5. The van der Waals surface area contributed by atoms with Crippen LogP contribution in [0.15, 0.2) is 150 Å². The number of nitrogens with one attached hydrogen (secondary N) is 1. The first kappa shape index (κ1) is 23.3. The molecule has 0 bridgehead atoms. The molecule has 5 nitrogen and oxygen atoms in total. The van der Waals surface area contributed by atoms with Gasteiger partial charge in [-0.3, -0.25) is 9.55 Å². The molecule has 8 rings (SSSR count). The molecule has 0 spiro atoms. The van der Waals surface area contributed by atoms with Gasteiger partial charge in [-0.05, 0) is 35.4 Å². The van der Waals surface area contributed by atoms with Gasteiger partial charge in [0.05, 0.1) is 16.6 Å². The van der Waals surface area contributed by atoms with Crippen LogP contribution < -0.4 is 5.32 Å². The minimum atomic E-state index is -0.509. The van der Waals surface area contributed by atoms with Crippen molar-refractivity contribution < 1.29 is 0 Å². The van der Waals surface area contributed by atoms with Gasteiger partial charge in [-0.15, -0.1) is 0 Å². The fourth-order valence-corrected chi connectivity index (χ4v) is 5.77. The lowest BCUT2D eigenvalue weighted by Crippen LogP contribution is -2.36. The summed E-state index contributed by atoms with van der Waals surface area (Å²) in [6.45, 7) is 0. The Hall–Kier alpha value is -5.55. The Morgan fingerprint density at radius 2 is 1.15 bits per heavy atom. The smallest absolute Gasteiger partial charge is 0.224 e. The Morgan fingerprint density at radius 3 is 1.80 bits per heavy atom. The molecule has 0 atom stereocenters. The molecule has 0 saturated heterocycles. The number of aromatic nitrogens is 2. The lowest BCUT2D eigenvalue weighted by Gasteiger charge is -2.24. The first-order valence-electron chi connectivity index (χ1n) is 13.7. The molecule has 3 heterocycles. The molecule has 0 fully saturated rings. The zero-order valence-corrected chi connectivity index (χ0v) is 22.1. The topological polar surface area (TPSA) is 54.6 Å². The normalized spacial score (nSPS) is 13.8. The summed E-state index contributed by atoms with van der Waals surface area (Å²) in [5, 5.41) is 6.87. The van der Waals surface area contributed by atoms with Crippen molar-refractivity contribution in [1.29, 1.82) is 0 Å². The second kappa shape index (κ2) is 9.57. The largest absolute Gasteiger partial charge is 0.324 e. The summed E-state index contributed by atoms with van der Waals surface area (Å²) in [6.07, 6.45) is 1.36. The quantitative estimate of drug-likeness (QED) is 0.252. The van der Waals surface area contributed by atoms with Gasteiger partial charge in [0.2, 0.25) is 6.29 Å². The molecule has 1 N–H and O–H groups in total. The lowest BCUT2D eigenvalue weighted by atomic mass is 10.0. The molecule has 0 aliphatic carbocycles. The number of pyridine rings is 1. The van der Waals surface area contributed by atoms with Gasteiger partial charge in [0.1, 0.15) is 11.7 Å². The van der Waals surface area contributed by atoms with E-state index in [1.54, 1.807) is 0 Å². The summed E-state index contributed by atoms with van der Waals surface area (Å²) in [4.78, 5) is 15.2.